The Morgan fingerprint density at radius 3 is 2.72 bits per heavy atom. The Morgan fingerprint density at radius 2 is 1.94 bits per heavy atom. The summed E-state index contributed by atoms with van der Waals surface area (Å²) >= 11 is 13.0. The van der Waals surface area contributed by atoms with Crippen LogP contribution in [0.5, 0.6) is 0 Å². The Bertz CT molecular complexity index is 711. The van der Waals surface area contributed by atoms with Crippen molar-refractivity contribution >= 4 is 60.8 Å². The van der Waals surface area contributed by atoms with E-state index in [0.29, 0.717) is 5.02 Å². The van der Waals surface area contributed by atoms with Crippen LogP contribution in [0.2, 0.25) is 5.02 Å². The minimum absolute atomic E-state index is 0.711. The van der Waals surface area contributed by atoms with E-state index in [1.165, 1.54) is 0 Å². The zero-order valence-corrected chi connectivity index (χ0v) is 13.0. The molecule has 0 bridgehead atoms. The van der Waals surface area contributed by atoms with Crippen LogP contribution in [-0.2, 0) is 0 Å². The van der Waals surface area contributed by atoms with E-state index in [1.807, 2.05) is 36.4 Å². The molecule has 2 aromatic carbocycles. The first-order chi connectivity index (χ1) is 8.74. The second kappa shape index (κ2) is 5.21. The molecule has 0 unspecified atom stereocenters. The van der Waals surface area contributed by atoms with Crippen LogP contribution in [0, 0.1) is 0 Å². The Kier molecular flexibility index (Phi) is 3.61. The quantitative estimate of drug-likeness (QED) is 0.570. The van der Waals surface area contributed by atoms with Gasteiger partial charge in [-0.3, -0.25) is 0 Å². The lowest BCUT2D eigenvalue weighted by molar-refractivity contribution is 1.29. The molecule has 3 aromatic rings. The molecule has 3 rings (SSSR count). The third-order valence-electron chi connectivity index (χ3n) is 2.38. The summed E-state index contributed by atoms with van der Waals surface area (Å²) in [4.78, 5) is 5.74. The predicted octanol–water partition coefficient (Wildman–Crippen LogP) is 5.86. The maximum absolute atomic E-state index is 6.13. The van der Waals surface area contributed by atoms with Crippen LogP contribution in [0.3, 0.4) is 0 Å². The number of nitrogens with zero attached hydrogens (tertiary/aromatic N) is 1. The summed E-state index contributed by atoms with van der Waals surface area (Å²) in [7, 11) is 0. The summed E-state index contributed by atoms with van der Waals surface area (Å²) in [5.41, 5.74) is 0.888. The highest BCUT2D eigenvalue weighted by atomic mass is 79.9. The molecule has 0 saturated carbocycles. The number of hydrogen-bond acceptors (Lipinski definition) is 3. The molecule has 5 heteroatoms. The van der Waals surface area contributed by atoms with Gasteiger partial charge in [0.1, 0.15) is 5.52 Å². The van der Waals surface area contributed by atoms with Crippen LogP contribution in [0.25, 0.3) is 10.2 Å². The molecule has 0 spiro atoms. The molecule has 1 heterocycles. The molecule has 0 aliphatic heterocycles. The summed E-state index contributed by atoms with van der Waals surface area (Å²) in [6, 6.07) is 14.0. The van der Waals surface area contributed by atoms with Crippen molar-refractivity contribution in [2.75, 3.05) is 0 Å². The summed E-state index contributed by atoms with van der Waals surface area (Å²) < 4.78 is 3.21. The van der Waals surface area contributed by atoms with Gasteiger partial charge in [-0.2, -0.15) is 0 Å². The van der Waals surface area contributed by atoms with Gasteiger partial charge in [-0.05, 0) is 40.2 Å². The van der Waals surface area contributed by atoms with E-state index in [-0.39, 0.29) is 0 Å². The first kappa shape index (κ1) is 12.5. The van der Waals surface area contributed by atoms with Crippen molar-refractivity contribution in [1.82, 2.24) is 4.98 Å². The van der Waals surface area contributed by atoms with Gasteiger partial charge in [-0.25, -0.2) is 4.98 Å². The molecule has 0 aliphatic carbocycles. The number of para-hydroxylation sites is 1. The molecule has 0 atom stereocenters. The normalized spacial score (nSPS) is 11.0. The molecular formula is C13H7BrClNS2. The van der Waals surface area contributed by atoms with Gasteiger partial charge in [-0.1, -0.05) is 41.6 Å². The molecule has 1 aromatic heterocycles. The van der Waals surface area contributed by atoms with Gasteiger partial charge in [0.15, 0.2) is 4.34 Å². The highest BCUT2D eigenvalue weighted by molar-refractivity contribution is 9.10. The minimum atomic E-state index is 0.711. The summed E-state index contributed by atoms with van der Waals surface area (Å²) in [6.07, 6.45) is 0. The lowest BCUT2D eigenvalue weighted by atomic mass is 10.3. The van der Waals surface area contributed by atoms with Crippen LogP contribution < -0.4 is 0 Å². The van der Waals surface area contributed by atoms with Gasteiger partial charge in [-0.15, -0.1) is 11.3 Å². The highest BCUT2D eigenvalue weighted by Crippen LogP contribution is 2.38. The van der Waals surface area contributed by atoms with Crippen LogP contribution in [-0.4, -0.2) is 4.98 Å². The molecule has 90 valence electrons. The fraction of sp³-hybridized carbons (Fsp3) is 0. The standard InChI is InChI=1S/C13H7BrClNS2/c14-8-4-1-2-6-10(8)17-13-16-12-9(15)5-3-7-11(12)18-13/h1-7H. The number of benzene rings is 2. The van der Waals surface area contributed by atoms with Crippen LogP contribution >= 0.6 is 50.6 Å². The van der Waals surface area contributed by atoms with Crippen LogP contribution in [0.4, 0.5) is 0 Å². The smallest absolute Gasteiger partial charge is 0.156 e. The molecule has 0 aliphatic rings. The molecule has 0 amide bonds. The van der Waals surface area contributed by atoms with Gasteiger partial charge in [0.05, 0.1) is 9.72 Å². The zero-order chi connectivity index (χ0) is 12.5. The SMILES string of the molecule is Clc1cccc2sc(Sc3ccccc3Br)nc12. The third-order valence-corrected chi connectivity index (χ3v) is 5.80. The number of rotatable bonds is 2. The molecule has 0 fully saturated rings. The fourth-order valence-electron chi connectivity index (χ4n) is 1.56. The van der Waals surface area contributed by atoms with E-state index in [9.17, 15) is 0 Å². The number of halogens is 2. The molecule has 0 saturated heterocycles. The monoisotopic (exact) mass is 355 g/mol. The van der Waals surface area contributed by atoms with Crippen LogP contribution in [0.15, 0.2) is 56.2 Å². The Morgan fingerprint density at radius 1 is 1.11 bits per heavy atom. The minimum Gasteiger partial charge on any atom is -0.228 e. The maximum Gasteiger partial charge on any atom is 0.156 e. The Labute approximate surface area is 126 Å². The highest BCUT2D eigenvalue weighted by Gasteiger charge is 2.09. The average molecular weight is 357 g/mol. The zero-order valence-electron chi connectivity index (χ0n) is 9.06. The average Bonchev–Trinajstić information content (AvgIpc) is 2.76. The van der Waals surface area contributed by atoms with Gasteiger partial charge in [0.25, 0.3) is 0 Å². The second-order valence-corrected chi connectivity index (χ2v) is 7.18. The largest absolute Gasteiger partial charge is 0.228 e. The van der Waals surface area contributed by atoms with E-state index < -0.39 is 0 Å². The summed E-state index contributed by atoms with van der Waals surface area (Å²) in [5.74, 6) is 0. The van der Waals surface area contributed by atoms with Gasteiger partial charge in [0, 0.05) is 9.37 Å². The van der Waals surface area contributed by atoms with E-state index >= 15 is 0 Å². The Hall–Kier alpha value is -0.550. The molecular weight excluding hydrogens is 350 g/mol. The van der Waals surface area contributed by atoms with Crippen molar-refractivity contribution < 1.29 is 0 Å². The molecule has 0 N–H and O–H groups in total. The summed E-state index contributed by atoms with van der Waals surface area (Å²) in [6.45, 7) is 0. The van der Waals surface area contributed by atoms with E-state index in [1.54, 1.807) is 23.1 Å². The number of hydrogen-bond donors (Lipinski definition) is 0. The molecule has 1 nitrogen and oxygen atoms in total. The summed E-state index contributed by atoms with van der Waals surface area (Å²) in [5, 5.41) is 0.711. The lowest BCUT2D eigenvalue weighted by Gasteiger charge is -1.99. The predicted molar refractivity (Wildman–Crippen MR) is 82.9 cm³/mol. The number of aromatic nitrogens is 1. The number of thiazole rings is 1. The van der Waals surface area contributed by atoms with E-state index in [2.05, 4.69) is 27.0 Å². The fourth-order valence-corrected chi connectivity index (χ4v) is 4.43. The maximum atomic E-state index is 6.13. The van der Waals surface area contributed by atoms with Gasteiger partial charge < -0.3 is 0 Å². The Balaban J connectivity index is 2.01. The first-order valence-electron chi connectivity index (χ1n) is 5.21. The third kappa shape index (κ3) is 2.43. The lowest BCUT2D eigenvalue weighted by Crippen LogP contribution is -1.74. The van der Waals surface area contributed by atoms with Crippen molar-refractivity contribution in [2.45, 2.75) is 9.24 Å². The van der Waals surface area contributed by atoms with Crippen molar-refractivity contribution in [3.05, 3.63) is 52.0 Å². The van der Waals surface area contributed by atoms with Crippen LogP contribution in [0.1, 0.15) is 0 Å². The van der Waals surface area contributed by atoms with Crippen molar-refractivity contribution in [1.29, 1.82) is 0 Å². The number of fused-ring (bicyclic) bond motifs is 1. The first-order valence-corrected chi connectivity index (χ1v) is 8.02. The van der Waals surface area contributed by atoms with Crippen molar-refractivity contribution in [3.8, 4) is 0 Å². The van der Waals surface area contributed by atoms with E-state index in [4.69, 9.17) is 11.6 Å². The topological polar surface area (TPSA) is 12.9 Å². The second-order valence-electron chi connectivity index (χ2n) is 3.60. The van der Waals surface area contributed by atoms with Crippen molar-refractivity contribution in [3.63, 3.8) is 0 Å². The molecule has 0 radical (unpaired) electrons. The van der Waals surface area contributed by atoms with Crippen molar-refractivity contribution in [2.24, 2.45) is 0 Å². The molecule has 18 heavy (non-hydrogen) atoms. The van der Waals surface area contributed by atoms with E-state index in [0.717, 1.165) is 23.9 Å². The van der Waals surface area contributed by atoms with Gasteiger partial charge >= 0.3 is 0 Å². The van der Waals surface area contributed by atoms with Gasteiger partial charge in [0.2, 0.25) is 0 Å².